The lowest BCUT2D eigenvalue weighted by molar-refractivity contribution is 0.414. The molecule has 0 bridgehead atoms. The Morgan fingerprint density at radius 1 is 1.05 bits per heavy atom. The van der Waals surface area contributed by atoms with Gasteiger partial charge in [-0.25, -0.2) is 0 Å². The average Bonchev–Trinajstić information content (AvgIpc) is 2.40. The van der Waals surface area contributed by atoms with Gasteiger partial charge in [-0.1, -0.05) is 49.5 Å². The van der Waals surface area contributed by atoms with Crippen molar-refractivity contribution >= 4 is 43.5 Å². The van der Waals surface area contributed by atoms with Gasteiger partial charge in [-0.15, -0.1) is 0 Å². The van der Waals surface area contributed by atoms with Gasteiger partial charge in [0.25, 0.3) is 0 Å². The molecule has 0 heterocycles. The summed E-state index contributed by atoms with van der Waals surface area (Å²) in [5.74, 6) is 0.785. The Morgan fingerprint density at radius 3 is 2.42 bits per heavy atom. The molecule has 0 fully saturated rings. The normalized spacial score (nSPS) is 12.3. The van der Waals surface area contributed by atoms with E-state index in [-0.39, 0.29) is 6.04 Å². The molecule has 5 heteroatoms. The topological polar surface area (TPSA) is 35.2 Å². The Hall–Kier alpha value is -0.550. The van der Waals surface area contributed by atoms with E-state index in [1.165, 1.54) is 0 Å². The smallest absolute Gasteiger partial charge is 0.120 e. The Kier molecular flexibility index (Phi) is 4.90. The fourth-order valence-corrected chi connectivity index (χ4v) is 3.09. The fraction of sp³-hybridized carbons (Fsp3) is 0.143. The summed E-state index contributed by atoms with van der Waals surface area (Å²) >= 11 is 13.1. The maximum absolute atomic E-state index is 6.32. The highest BCUT2D eigenvalue weighted by Crippen LogP contribution is 2.34. The Balaban J connectivity index is 2.43. The first-order valence-corrected chi connectivity index (χ1v) is 7.53. The van der Waals surface area contributed by atoms with Gasteiger partial charge >= 0.3 is 0 Å². The second-order valence-electron chi connectivity index (χ2n) is 4.03. The summed E-state index contributed by atoms with van der Waals surface area (Å²) in [7, 11) is 1.63. The van der Waals surface area contributed by atoms with Gasteiger partial charge in [-0.2, -0.15) is 0 Å². The number of halogens is 3. The Bertz CT molecular complexity index is 604. The molecule has 19 heavy (non-hydrogen) atoms. The number of hydrogen-bond donors (Lipinski definition) is 1. The van der Waals surface area contributed by atoms with Crippen LogP contribution < -0.4 is 10.5 Å². The van der Waals surface area contributed by atoms with Crippen molar-refractivity contribution in [2.75, 3.05) is 7.11 Å². The highest BCUT2D eigenvalue weighted by molar-refractivity contribution is 9.10. The van der Waals surface area contributed by atoms with E-state index in [9.17, 15) is 0 Å². The summed E-state index contributed by atoms with van der Waals surface area (Å²) in [6.45, 7) is 0. The maximum Gasteiger partial charge on any atom is 0.120 e. The first-order chi connectivity index (χ1) is 9.02. The monoisotopic (exact) mass is 403 g/mol. The van der Waals surface area contributed by atoms with E-state index < -0.39 is 0 Å². The van der Waals surface area contributed by atoms with Crippen molar-refractivity contribution < 1.29 is 4.74 Å². The predicted octanol–water partition coefficient (Wildman–Crippen LogP) is 4.92. The van der Waals surface area contributed by atoms with Gasteiger partial charge in [0.1, 0.15) is 5.75 Å². The molecule has 0 aliphatic heterocycles. The lowest BCUT2D eigenvalue weighted by Crippen LogP contribution is -2.13. The van der Waals surface area contributed by atoms with Crippen LogP contribution in [-0.4, -0.2) is 7.11 Å². The van der Waals surface area contributed by atoms with Crippen LogP contribution in [0.2, 0.25) is 5.02 Å². The Morgan fingerprint density at radius 2 is 1.79 bits per heavy atom. The zero-order chi connectivity index (χ0) is 14.0. The minimum Gasteiger partial charge on any atom is -0.497 e. The highest BCUT2D eigenvalue weighted by atomic mass is 79.9. The van der Waals surface area contributed by atoms with Crippen LogP contribution in [0.5, 0.6) is 5.75 Å². The summed E-state index contributed by atoms with van der Waals surface area (Å²) in [5, 5.41) is 0.665. The molecule has 0 aliphatic rings. The van der Waals surface area contributed by atoms with Crippen molar-refractivity contribution in [3.63, 3.8) is 0 Å². The van der Waals surface area contributed by atoms with Crippen molar-refractivity contribution in [3.05, 3.63) is 61.5 Å². The third kappa shape index (κ3) is 3.31. The van der Waals surface area contributed by atoms with Crippen LogP contribution in [0.4, 0.5) is 0 Å². The second-order valence-corrected chi connectivity index (χ2v) is 6.18. The molecule has 1 unspecified atom stereocenters. The van der Waals surface area contributed by atoms with E-state index in [0.717, 1.165) is 25.8 Å². The van der Waals surface area contributed by atoms with Crippen molar-refractivity contribution in [3.8, 4) is 5.75 Å². The average molecular weight is 406 g/mol. The zero-order valence-corrected chi connectivity index (χ0v) is 14.1. The zero-order valence-electron chi connectivity index (χ0n) is 10.2. The number of methoxy groups -OCH3 is 1. The van der Waals surface area contributed by atoms with Crippen LogP contribution in [0.25, 0.3) is 0 Å². The minimum atomic E-state index is -0.270. The molecular formula is C14H12Br2ClNO. The van der Waals surface area contributed by atoms with E-state index in [2.05, 4.69) is 31.9 Å². The molecule has 0 saturated heterocycles. The maximum atomic E-state index is 6.32. The van der Waals surface area contributed by atoms with E-state index in [1.807, 2.05) is 36.4 Å². The number of benzene rings is 2. The fourth-order valence-electron chi connectivity index (χ4n) is 1.81. The molecular weight excluding hydrogens is 393 g/mol. The largest absolute Gasteiger partial charge is 0.497 e. The van der Waals surface area contributed by atoms with Crippen LogP contribution >= 0.6 is 43.5 Å². The van der Waals surface area contributed by atoms with Crippen molar-refractivity contribution in [1.82, 2.24) is 0 Å². The molecule has 2 aromatic rings. The molecule has 0 radical (unpaired) electrons. The molecule has 2 N–H and O–H groups in total. The third-order valence-corrected chi connectivity index (χ3v) is 4.48. The van der Waals surface area contributed by atoms with Gasteiger partial charge in [-0.3, -0.25) is 0 Å². The summed E-state index contributed by atoms with van der Waals surface area (Å²) < 4.78 is 7.02. The van der Waals surface area contributed by atoms with Gasteiger partial charge in [-0.05, 0) is 41.5 Å². The SMILES string of the molecule is COc1ccc(C(N)c2cc(Cl)ccc2Br)c(Br)c1. The Labute approximate surface area is 134 Å². The van der Waals surface area contributed by atoms with E-state index in [0.29, 0.717) is 5.02 Å². The minimum absolute atomic E-state index is 0.270. The number of hydrogen-bond acceptors (Lipinski definition) is 2. The molecule has 2 aromatic carbocycles. The highest BCUT2D eigenvalue weighted by Gasteiger charge is 2.16. The van der Waals surface area contributed by atoms with Crippen LogP contribution in [0.15, 0.2) is 45.3 Å². The molecule has 0 aliphatic carbocycles. The van der Waals surface area contributed by atoms with Crippen LogP contribution in [0.1, 0.15) is 17.2 Å². The summed E-state index contributed by atoms with van der Waals surface area (Å²) in [6.07, 6.45) is 0. The van der Waals surface area contributed by atoms with Crippen molar-refractivity contribution in [2.24, 2.45) is 5.73 Å². The molecule has 0 saturated carbocycles. The molecule has 1 atom stereocenters. The molecule has 0 spiro atoms. The van der Waals surface area contributed by atoms with Gasteiger partial charge in [0.05, 0.1) is 13.2 Å². The van der Waals surface area contributed by atoms with Crippen LogP contribution in [-0.2, 0) is 0 Å². The second kappa shape index (κ2) is 6.27. The van der Waals surface area contributed by atoms with Gasteiger partial charge in [0.2, 0.25) is 0 Å². The van der Waals surface area contributed by atoms with E-state index >= 15 is 0 Å². The quantitative estimate of drug-likeness (QED) is 0.787. The van der Waals surface area contributed by atoms with E-state index in [4.69, 9.17) is 22.1 Å². The standard InChI is InChI=1S/C14H12Br2ClNO/c1-19-9-3-4-10(13(16)7-9)14(18)11-6-8(17)2-5-12(11)15/h2-7,14H,18H2,1H3. The molecule has 2 nitrogen and oxygen atoms in total. The molecule has 100 valence electrons. The summed E-state index contributed by atoms with van der Waals surface area (Å²) in [4.78, 5) is 0. The number of ether oxygens (including phenoxy) is 1. The van der Waals surface area contributed by atoms with Gasteiger partial charge in [0.15, 0.2) is 0 Å². The van der Waals surface area contributed by atoms with Crippen LogP contribution in [0, 0.1) is 0 Å². The van der Waals surface area contributed by atoms with Crippen molar-refractivity contribution in [2.45, 2.75) is 6.04 Å². The first kappa shape index (κ1) is 14.9. The lowest BCUT2D eigenvalue weighted by Gasteiger charge is -2.17. The number of rotatable bonds is 3. The third-order valence-electron chi connectivity index (χ3n) is 2.84. The summed E-state index contributed by atoms with van der Waals surface area (Å²) in [5.41, 5.74) is 8.24. The van der Waals surface area contributed by atoms with Crippen molar-refractivity contribution in [1.29, 1.82) is 0 Å². The van der Waals surface area contributed by atoms with Gasteiger partial charge < -0.3 is 10.5 Å². The molecule has 0 amide bonds. The predicted molar refractivity (Wildman–Crippen MR) is 85.9 cm³/mol. The number of nitrogens with two attached hydrogens (primary N) is 1. The summed E-state index contributed by atoms with van der Waals surface area (Å²) in [6, 6.07) is 11.0. The van der Waals surface area contributed by atoms with E-state index in [1.54, 1.807) is 7.11 Å². The van der Waals surface area contributed by atoms with Gasteiger partial charge in [0, 0.05) is 14.0 Å². The van der Waals surface area contributed by atoms with Crippen LogP contribution in [0.3, 0.4) is 0 Å². The first-order valence-electron chi connectivity index (χ1n) is 5.57. The molecule has 2 rings (SSSR count). The lowest BCUT2D eigenvalue weighted by atomic mass is 9.99. The molecule has 0 aromatic heterocycles.